The van der Waals surface area contributed by atoms with Gasteiger partial charge in [0.15, 0.2) is 5.41 Å². The molecule has 7 nitrogen and oxygen atoms in total. The molecular weight excluding hydrogens is 422 g/mol. The monoisotopic (exact) mass is 447 g/mol. The molecule has 1 heterocycles. The quantitative estimate of drug-likeness (QED) is 0.677. The van der Waals surface area contributed by atoms with Crippen LogP contribution < -0.4 is 5.73 Å². The average molecular weight is 448 g/mol. The predicted octanol–water partition coefficient (Wildman–Crippen LogP) is 4.07. The number of thioether (sulfide) groups is 1. The molecule has 0 radical (unpaired) electrons. The van der Waals surface area contributed by atoms with Gasteiger partial charge >= 0.3 is 6.09 Å². The van der Waals surface area contributed by atoms with Crippen LogP contribution in [0.15, 0.2) is 52.1 Å². The van der Waals surface area contributed by atoms with Crippen molar-refractivity contribution >= 4 is 17.9 Å². The summed E-state index contributed by atoms with van der Waals surface area (Å²) >= 11 is 1.58. The number of ether oxygens (including phenoxy) is 1. The molecule has 2 atom stereocenters. The standard InChI is InChI=1S/C24H25N5O2S/c1-23(2,3)31-22(30)29-10-9-17-18(11-25)21(28)24(13-26,14-27)20(19(17)12-29)15-5-7-16(32-4)8-6-15/h5-9,19-20H,10,12,28H2,1-4H3. The second-order valence-electron chi connectivity index (χ2n) is 8.83. The Labute approximate surface area is 192 Å². The van der Waals surface area contributed by atoms with Gasteiger partial charge in [-0.15, -0.1) is 11.8 Å². The Balaban J connectivity index is 2.17. The number of nitrogens with two attached hydrogens (primary N) is 1. The zero-order chi connectivity index (χ0) is 23.7. The maximum Gasteiger partial charge on any atom is 0.410 e. The summed E-state index contributed by atoms with van der Waals surface area (Å²) in [5, 5.41) is 30.1. The van der Waals surface area contributed by atoms with E-state index in [9.17, 15) is 20.6 Å². The molecule has 1 aromatic rings. The van der Waals surface area contributed by atoms with E-state index < -0.39 is 28.9 Å². The minimum atomic E-state index is -1.73. The number of rotatable bonds is 2. The number of benzene rings is 1. The van der Waals surface area contributed by atoms with Crippen LogP contribution in [-0.4, -0.2) is 35.9 Å². The molecular formula is C24H25N5O2S. The number of nitriles is 3. The van der Waals surface area contributed by atoms with Crippen molar-refractivity contribution in [2.75, 3.05) is 19.3 Å². The van der Waals surface area contributed by atoms with Crippen molar-refractivity contribution in [3.63, 3.8) is 0 Å². The largest absolute Gasteiger partial charge is 0.444 e. The molecule has 1 amide bonds. The van der Waals surface area contributed by atoms with E-state index in [1.165, 1.54) is 0 Å². The van der Waals surface area contributed by atoms with E-state index in [0.717, 1.165) is 10.5 Å². The first-order valence-electron chi connectivity index (χ1n) is 10.2. The Hall–Kier alpha value is -3.41. The third-order valence-electron chi connectivity index (χ3n) is 5.79. The fourth-order valence-corrected chi connectivity index (χ4v) is 4.75. The first kappa shape index (κ1) is 23.3. The Kier molecular flexibility index (Phi) is 6.26. The van der Waals surface area contributed by atoms with Gasteiger partial charge in [0.05, 0.1) is 23.4 Å². The van der Waals surface area contributed by atoms with Gasteiger partial charge in [-0.2, -0.15) is 15.8 Å². The summed E-state index contributed by atoms with van der Waals surface area (Å²) < 4.78 is 5.53. The van der Waals surface area contributed by atoms with E-state index in [1.807, 2.05) is 30.5 Å². The molecule has 0 saturated carbocycles. The summed E-state index contributed by atoms with van der Waals surface area (Å²) in [5.74, 6) is -1.11. The maximum atomic E-state index is 12.8. The van der Waals surface area contributed by atoms with Crippen LogP contribution in [0.25, 0.3) is 0 Å². The highest BCUT2D eigenvalue weighted by Crippen LogP contribution is 2.54. The van der Waals surface area contributed by atoms with E-state index in [0.29, 0.717) is 5.57 Å². The lowest BCUT2D eigenvalue weighted by atomic mass is 9.58. The summed E-state index contributed by atoms with van der Waals surface area (Å²) in [7, 11) is 0. The number of fused-ring (bicyclic) bond motifs is 1. The van der Waals surface area contributed by atoms with E-state index in [1.54, 1.807) is 43.5 Å². The van der Waals surface area contributed by atoms with Gasteiger partial charge in [0.1, 0.15) is 11.7 Å². The third-order valence-corrected chi connectivity index (χ3v) is 6.53. The lowest BCUT2D eigenvalue weighted by molar-refractivity contribution is 0.0224. The highest BCUT2D eigenvalue weighted by atomic mass is 32.2. The Morgan fingerprint density at radius 2 is 1.84 bits per heavy atom. The Morgan fingerprint density at radius 3 is 2.34 bits per heavy atom. The van der Waals surface area contributed by atoms with E-state index in [4.69, 9.17) is 10.5 Å². The molecule has 0 aromatic heterocycles. The molecule has 2 unspecified atom stereocenters. The van der Waals surface area contributed by atoms with Gasteiger partial charge in [0.25, 0.3) is 0 Å². The SMILES string of the molecule is CSc1ccc(C2C3CN(C(=O)OC(C)(C)C)CC=C3C(C#N)=C(N)C2(C#N)C#N)cc1. The molecule has 0 bridgehead atoms. The van der Waals surface area contributed by atoms with Crippen LogP contribution in [0.2, 0.25) is 0 Å². The van der Waals surface area contributed by atoms with Gasteiger partial charge < -0.3 is 15.4 Å². The molecule has 0 spiro atoms. The minimum Gasteiger partial charge on any atom is -0.444 e. The van der Waals surface area contributed by atoms with Crippen LogP contribution in [0.1, 0.15) is 32.3 Å². The number of hydrogen-bond acceptors (Lipinski definition) is 7. The van der Waals surface area contributed by atoms with E-state index in [-0.39, 0.29) is 24.4 Å². The number of hydrogen-bond donors (Lipinski definition) is 1. The summed E-state index contributed by atoms with van der Waals surface area (Å²) in [6.07, 6.45) is 3.26. The molecule has 1 aliphatic heterocycles. The van der Waals surface area contributed by atoms with E-state index >= 15 is 0 Å². The minimum absolute atomic E-state index is 0.0304. The van der Waals surface area contributed by atoms with Crippen LogP contribution >= 0.6 is 11.8 Å². The molecule has 164 valence electrons. The van der Waals surface area contributed by atoms with Crippen LogP contribution in [-0.2, 0) is 4.74 Å². The van der Waals surface area contributed by atoms with Gasteiger partial charge in [-0.1, -0.05) is 18.2 Å². The Morgan fingerprint density at radius 1 is 1.22 bits per heavy atom. The van der Waals surface area contributed by atoms with Gasteiger partial charge in [0, 0.05) is 29.8 Å². The van der Waals surface area contributed by atoms with Gasteiger partial charge in [0.2, 0.25) is 0 Å². The lowest BCUT2D eigenvalue weighted by Gasteiger charge is -2.45. The molecule has 2 aliphatic rings. The maximum absolute atomic E-state index is 12.8. The fourth-order valence-electron chi connectivity index (χ4n) is 4.34. The van der Waals surface area contributed by atoms with Gasteiger partial charge in [-0.25, -0.2) is 4.79 Å². The van der Waals surface area contributed by atoms with Crippen LogP contribution in [0.4, 0.5) is 4.79 Å². The molecule has 2 N–H and O–H groups in total. The second-order valence-corrected chi connectivity index (χ2v) is 9.71. The van der Waals surface area contributed by atoms with Crippen LogP contribution in [0.3, 0.4) is 0 Å². The second kappa shape index (κ2) is 8.61. The first-order chi connectivity index (χ1) is 15.1. The zero-order valence-electron chi connectivity index (χ0n) is 18.5. The summed E-state index contributed by atoms with van der Waals surface area (Å²) in [5.41, 5.74) is 5.48. The van der Waals surface area contributed by atoms with Gasteiger partial charge in [-0.05, 0) is 50.3 Å². The number of carbonyl (C=O) groups is 1. The Bertz CT molecular complexity index is 1100. The third kappa shape index (κ3) is 3.93. The molecule has 32 heavy (non-hydrogen) atoms. The van der Waals surface area contributed by atoms with Crippen molar-refractivity contribution < 1.29 is 9.53 Å². The van der Waals surface area contributed by atoms with Crippen molar-refractivity contribution in [1.82, 2.24) is 4.90 Å². The smallest absolute Gasteiger partial charge is 0.410 e. The van der Waals surface area contributed by atoms with Gasteiger partial charge in [-0.3, -0.25) is 0 Å². The number of amides is 1. The van der Waals surface area contributed by atoms with Crippen molar-refractivity contribution in [3.8, 4) is 18.2 Å². The number of carbonyl (C=O) groups excluding carboxylic acids is 1. The highest BCUT2D eigenvalue weighted by Gasteiger charge is 2.54. The number of allylic oxidation sites excluding steroid dienone is 2. The predicted molar refractivity (Wildman–Crippen MR) is 121 cm³/mol. The van der Waals surface area contributed by atoms with Crippen LogP contribution in [0, 0.1) is 45.3 Å². The molecule has 3 rings (SSSR count). The number of nitrogens with zero attached hydrogens (tertiary/aromatic N) is 4. The van der Waals surface area contributed by atoms with Crippen molar-refractivity contribution in [2.24, 2.45) is 17.1 Å². The summed E-state index contributed by atoms with van der Waals surface area (Å²) in [6, 6.07) is 13.9. The lowest BCUT2D eigenvalue weighted by Crippen LogP contribution is -2.50. The molecule has 8 heteroatoms. The first-order valence-corrected chi connectivity index (χ1v) is 11.4. The van der Waals surface area contributed by atoms with E-state index in [2.05, 4.69) is 18.2 Å². The van der Waals surface area contributed by atoms with Crippen molar-refractivity contribution in [3.05, 3.63) is 52.7 Å². The summed E-state index contributed by atoms with van der Waals surface area (Å²) in [6.45, 7) is 5.84. The topological polar surface area (TPSA) is 127 Å². The van der Waals surface area contributed by atoms with Crippen molar-refractivity contribution in [2.45, 2.75) is 37.2 Å². The normalized spacial score (nSPS) is 22.0. The summed E-state index contributed by atoms with van der Waals surface area (Å²) in [4.78, 5) is 15.4. The average Bonchev–Trinajstić information content (AvgIpc) is 2.77. The molecule has 1 aromatic carbocycles. The fraction of sp³-hybridized carbons (Fsp3) is 0.417. The molecule has 1 aliphatic carbocycles. The zero-order valence-corrected chi connectivity index (χ0v) is 19.4. The highest BCUT2D eigenvalue weighted by molar-refractivity contribution is 7.98. The van der Waals surface area contributed by atoms with Crippen LogP contribution in [0.5, 0.6) is 0 Å². The van der Waals surface area contributed by atoms with Crippen molar-refractivity contribution in [1.29, 1.82) is 15.8 Å². The molecule has 0 fully saturated rings. The molecule has 0 saturated heterocycles.